The largest absolute Gasteiger partial charge is 0.338 e. The lowest BCUT2D eigenvalue weighted by Crippen LogP contribution is -1.97. The summed E-state index contributed by atoms with van der Waals surface area (Å²) >= 11 is 6.09. The van der Waals surface area contributed by atoms with E-state index in [4.69, 9.17) is 11.6 Å². The summed E-state index contributed by atoms with van der Waals surface area (Å²) in [4.78, 5) is 0. The molecule has 3 nitrogen and oxygen atoms in total. The van der Waals surface area contributed by atoms with Gasteiger partial charge < -0.3 is 5.32 Å². The van der Waals surface area contributed by atoms with Crippen LogP contribution in [0.15, 0.2) is 48.5 Å². The van der Waals surface area contributed by atoms with Gasteiger partial charge in [-0.1, -0.05) is 61.3 Å². The van der Waals surface area contributed by atoms with Crippen molar-refractivity contribution in [3.8, 4) is 0 Å². The van der Waals surface area contributed by atoms with E-state index in [0.29, 0.717) is 5.15 Å². The fourth-order valence-corrected chi connectivity index (χ4v) is 2.55. The van der Waals surface area contributed by atoms with E-state index in [1.54, 1.807) is 0 Å². The lowest BCUT2D eigenvalue weighted by Gasteiger charge is -2.09. The molecule has 0 saturated heterocycles. The van der Waals surface area contributed by atoms with Crippen LogP contribution in [0.3, 0.4) is 0 Å². The van der Waals surface area contributed by atoms with Gasteiger partial charge in [0.05, 0.1) is 0 Å². The van der Waals surface area contributed by atoms with Crippen molar-refractivity contribution in [3.05, 3.63) is 59.2 Å². The average Bonchev–Trinajstić information content (AvgIpc) is 2.52. The second-order valence-electron chi connectivity index (χ2n) is 4.96. The van der Waals surface area contributed by atoms with Crippen LogP contribution >= 0.6 is 11.6 Å². The summed E-state index contributed by atoms with van der Waals surface area (Å²) < 4.78 is 0. The maximum Gasteiger partial charge on any atom is 0.161 e. The molecule has 0 bridgehead atoms. The third kappa shape index (κ3) is 2.98. The number of nitrogens with zero attached hydrogens (tertiary/aromatic N) is 2. The monoisotopic (exact) mass is 297 g/mol. The molecule has 2 aromatic carbocycles. The van der Waals surface area contributed by atoms with E-state index in [0.717, 1.165) is 35.1 Å². The fraction of sp³-hybridized carbons (Fsp3) is 0.176. The van der Waals surface area contributed by atoms with Crippen molar-refractivity contribution in [1.29, 1.82) is 0 Å². The standard InChI is InChI=1S/C17H16ClN3/c1-2-5-12-8-10-13(11-9-12)19-17-15-7-4-3-6-14(15)16(18)20-21-17/h3-4,6-11H,2,5H2,1H3,(H,19,21). The molecule has 0 fully saturated rings. The Labute approximate surface area is 129 Å². The highest BCUT2D eigenvalue weighted by Crippen LogP contribution is 2.27. The Morgan fingerprint density at radius 1 is 0.952 bits per heavy atom. The Morgan fingerprint density at radius 3 is 2.38 bits per heavy atom. The number of hydrogen-bond acceptors (Lipinski definition) is 3. The van der Waals surface area contributed by atoms with Gasteiger partial charge in [0.2, 0.25) is 0 Å². The molecular formula is C17H16ClN3. The van der Waals surface area contributed by atoms with E-state index < -0.39 is 0 Å². The van der Waals surface area contributed by atoms with Crippen LogP contribution in [0, 0.1) is 0 Å². The molecule has 3 aromatic rings. The highest BCUT2D eigenvalue weighted by molar-refractivity contribution is 6.34. The molecule has 0 spiro atoms. The van der Waals surface area contributed by atoms with E-state index in [2.05, 4.69) is 46.7 Å². The van der Waals surface area contributed by atoms with Gasteiger partial charge in [0.15, 0.2) is 11.0 Å². The van der Waals surface area contributed by atoms with Crippen molar-refractivity contribution in [2.24, 2.45) is 0 Å². The Hall–Kier alpha value is -2.13. The number of aryl methyl sites for hydroxylation is 1. The van der Waals surface area contributed by atoms with E-state index in [1.807, 2.05) is 24.3 Å². The molecular weight excluding hydrogens is 282 g/mol. The fourth-order valence-electron chi connectivity index (χ4n) is 2.34. The van der Waals surface area contributed by atoms with Crippen LogP contribution in [0.2, 0.25) is 5.15 Å². The molecule has 0 unspecified atom stereocenters. The summed E-state index contributed by atoms with van der Waals surface area (Å²) in [5, 5.41) is 13.8. The van der Waals surface area contributed by atoms with Gasteiger partial charge in [-0.05, 0) is 24.1 Å². The number of aromatic nitrogens is 2. The lowest BCUT2D eigenvalue weighted by atomic mass is 10.1. The maximum absolute atomic E-state index is 6.09. The minimum atomic E-state index is 0.425. The molecule has 106 valence electrons. The molecule has 0 radical (unpaired) electrons. The summed E-state index contributed by atoms with van der Waals surface area (Å²) in [6.07, 6.45) is 2.25. The van der Waals surface area contributed by atoms with E-state index in [1.165, 1.54) is 5.56 Å². The molecule has 0 aliphatic heterocycles. The van der Waals surface area contributed by atoms with Gasteiger partial charge in [-0.2, -0.15) is 0 Å². The summed E-state index contributed by atoms with van der Waals surface area (Å²) in [6.45, 7) is 2.18. The third-order valence-corrected chi connectivity index (χ3v) is 3.68. The molecule has 3 rings (SSSR count). The quantitative estimate of drug-likeness (QED) is 0.738. The van der Waals surface area contributed by atoms with E-state index >= 15 is 0 Å². The van der Waals surface area contributed by atoms with Crippen molar-refractivity contribution in [2.45, 2.75) is 19.8 Å². The van der Waals surface area contributed by atoms with Crippen LogP contribution in [-0.4, -0.2) is 10.2 Å². The molecule has 0 aliphatic carbocycles. The first kappa shape index (κ1) is 13.8. The number of nitrogens with one attached hydrogen (secondary N) is 1. The first-order valence-electron chi connectivity index (χ1n) is 7.05. The number of anilines is 2. The maximum atomic E-state index is 6.09. The zero-order chi connectivity index (χ0) is 14.7. The lowest BCUT2D eigenvalue weighted by molar-refractivity contribution is 0.922. The molecule has 0 saturated carbocycles. The molecule has 0 amide bonds. The first-order chi connectivity index (χ1) is 10.3. The van der Waals surface area contributed by atoms with Crippen LogP contribution in [-0.2, 0) is 6.42 Å². The predicted octanol–water partition coefficient (Wildman–Crippen LogP) is 4.98. The zero-order valence-corrected chi connectivity index (χ0v) is 12.6. The Kier molecular flexibility index (Phi) is 4.02. The zero-order valence-electron chi connectivity index (χ0n) is 11.8. The number of rotatable bonds is 4. The van der Waals surface area contributed by atoms with Crippen LogP contribution < -0.4 is 5.32 Å². The van der Waals surface area contributed by atoms with Gasteiger partial charge in [-0.25, -0.2) is 0 Å². The molecule has 1 aromatic heterocycles. The van der Waals surface area contributed by atoms with Crippen molar-refractivity contribution in [1.82, 2.24) is 10.2 Å². The summed E-state index contributed by atoms with van der Waals surface area (Å²) in [5.74, 6) is 0.721. The Balaban J connectivity index is 1.93. The number of halogens is 1. The van der Waals surface area contributed by atoms with Gasteiger partial charge >= 0.3 is 0 Å². The SMILES string of the molecule is CCCc1ccc(Nc2nnc(Cl)c3ccccc23)cc1. The third-order valence-electron chi connectivity index (χ3n) is 3.40. The molecule has 0 atom stereocenters. The van der Waals surface area contributed by atoms with Crippen molar-refractivity contribution >= 4 is 33.9 Å². The number of fused-ring (bicyclic) bond motifs is 1. The van der Waals surface area contributed by atoms with Crippen LogP contribution in [0.5, 0.6) is 0 Å². The van der Waals surface area contributed by atoms with Crippen LogP contribution in [0.1, 0.15) is 18.9 Å². The number of hydrogen-bond donors (Lipinski definition) is 1. The van der Waals surface area contributed by atoms with Crippen LogP contribution in [0.25, 0.3) is 10.8 Å². The van der Waals surface area contributed by atoms with E-state index in [-0.39, 0.29) is 0 Å². The smallest absolute Gasteiger partial charge is 0.161 e. The van der Waals surface area contributed by atoms with Gasteiger partial charge in [0.1, 0.15) is 0 Å². The topological polar surface area (TPSA) is 37.8 Å². The van der Waals surface area contributed by atoms with Gasteiger partial charge in [-0.15, -0.1) is 10.2 Å². The second kappa shape index (κ2) is 6.10. The minimum absolute atomic E-state index is 0.425. The summed E-state index contributed by atoms with van der Waals surface area (Å²) in [5.41, 5.74) is 2.34. The molecule has 4 heteroatoms. The van der Waals surface area contributed by atoms with Crippen molar-refractivity contribution in [3.63, 3.8) is 0 Å². The minimum Gasteiger partial charge on any atom is -0.338 e. The average molecular weight is 298 g/mol. The van der Waals surface area contributed by atoms with Gasteiger partial charge in [-0.3, -0.25) is 0 Å². The second-order valence-corrected chi connectivity index (χ2v) is 5.31. The van der Waals surface area contributed by atoms with Crippen molar-refractivity contribution in [2.75, 3.05) is 5.32 Å². The Morgan fingerprint density at radius 2 is 1.67 bits per heavy atom. The Bertz CT molecular complexity index is 754. The van der Waals surface area contributed by atoms with Gasteiger partial charge in [0, 0.05) is 16.5 Å². The van der Waals surface area contributed by atoms with Gasteiger partial charge in [0.25, 0.3) is 0 Å². The predicted molar refractivity (Wildman–Crippen MR) is 88.3 cm³/mol. The molecule has 1 N–H and O–H groups in total. The molecule has 21 heavy (non-hydrogen) atoms. The highest BCUT2D eigenvalue weighted by Gasteiger charge is 2.07. The molecule has 0 aliphatic rings. The first-order valence-corrected chi connectivity index (χ1v) is 7.42. The normalized spacial score (nSPS) is 10.8. The van der Waals surface area contributed by atoms with Crippen molar-refractivity contribution < 1.29 is 0 Å². The summed E-state index contributed by atoms with van der Waals surface area (Å²) in [7, 11) is 0. The van der Waals surface area contributed by atoms with Crippen LogP contribution in [0.4, 0.5) is 11.5 Å². The molecule has 1 heterocycles. The van der Waals surface area contributed by atoms with E-state index in [9.17, 15) is 0 Å². The highest BCUT2D eigenvalue weighted by atomic mass is 35.5. The summed E-state index contributed by atoms with van der Waals surface area (Å²) in [6, 6.07) is 16.3. The number of benzene rings is 2.